The summed E-state index contributed by atoms with van der Waals surface area (Å²) in [5, 5.41) is 5.86. The van der Waals surface area contributed by atoms with Crippen LogP contribution in [0.5, 0.6) is 11.5 Å². The molecule has 7 heteroatoms. The lowest BCUT2D eigenvalue weighted by molar-refractivity contribution is 0.326. The van der Waals surface area contributed by atoms with Crippen molar-refractivity contribution in [1.82, 2.24) is 9.66 Å². The topological polar surface area (TPSA) is 78.9 Å². The van der Waals surface area contributed by atoms with Crippen LogP contribution in [0.1, 0.15) is 5.56 Å². The fourth-order valence-corrected chi connectivity index (χ4v) is 3.64. The maximum atomic E-state index is 13.4. The molecular formula is C27H21N3O4. The molecule has 0 bridgehead atoms. The van der Waals surface area contributed by atoms with E-state index in [0.717, 1.165) is 10.9 Å². The van der Waals surface area contributed by atoms with Crippen molar-refractivity contribution in [1.29, 1.82) is 0 Å². The second-order valence-corrected chi connectivity index (χ2v) is 7.47. The van der Waals surface area contributed by atoms with Gasteiger partial charge in [0.1, 0.15) is 12.2 Å². The number of aromatic nitrogens is 2. The maximum absolute atomic E-state index is 13.4. The highest BCUT2D eigenvalue weighted by Crippen LogP contribution is 2.29. The lowest BCUT2D eigenvalue weighted by Gasteiger charge is -2.10. The molecule has 5 aromatic rings. The van der Waals surface area contributed by atoms with Gasteiger partial charge in [-0.15, -0.1) is 0 Å². The van der Waals surface area contributed by atoms with Gasteiger partial charge in [0.05, 0.1) is 24.2 Å². The molecule has 3 aromatic carbocycles. The molecule has 0 aliphatic carbocycles. The first-order valence-electron chi connectivity index (χ1n) is 10.6. The Morgan fingerprint density at radius 1 is 1.06 bits per heavy atom. The molecule has 34 heavy (non-hydrogen) atoms. The lowest BCUT2D eigenvalue weighted by atomic mass is 10.2. The van der Waals surface area contributed by atoms with Crippen LogP contribution in [0.4, 0.5) is 0 Å². The minimum absolute atomic E-state index is 0.296. The van der Waals surface area contributed by atoms with Crippen LogP contribution in [0.2, 0.25) is 0 Å². The molecule has 2 aromatic heterocycles. The van der Waals surface area contributed by atoms with Crippen LogP contribution in [0, 0.1) is 0 Å². The highest BCUT2D eigenvalue weighted by atomic mass is 16.5. The van der Waals surface area contributed by atoms with E-state index in [9.17, 15) is 4.79 Å². The molecule has 0 aliphatic heterocycles. The number of nitrogens with zero attached hydrogens (tertiary/aromatic N) is 3. The van der Waals surface area contributed by atoms with E-state index in [4.69, 9.17) is 18.9 Å². The van der Waals surface area contributed by atoms with Crippen molar-refractivity contribution in [3.8, 4) is 23.1 Å². The highest BCUT2D eigenvalue weighted by molar-refractivity contribution is 5.85. The van der Waals surface area contributed by atoms with Crippen LogP contribution in [-0.2, 0) is 0 Å². The van der Waals surface area contributed by atoms with Crippen molar-refractivity contribution < 1.29 is 13.9 Å². The summed E-state index contributed by atoms with van der Waals surface area (Å²) >= 11 is 0. The highest BCUT2D eigenvalue weighted by Gasteiger charge is 2.16. The molecule has 0 aliphatic rings. The van der Waals surface area contributed by atoms with Gasteiger partial charge in [-0.25, -0.2) is 4.98 Å². The van der Waals surface area contributed by atoms with Crippen molar-refractivity contribution in [3.05, 3.63) is 101 Å². The molecule has 0 radical (unpaired) electrons. The molecule has 7 nitrogen and oxygen atoms in total. The number of hydrogen-bond donors (Lipinski definition) is 0. The number of rotatable bonds is 7. The molecule has 5 rings (SSSR count). The van der Waals surface area contributed by atoms with E-state index in [1.165, 1.54) is 4.68 Å². The predicted molar refractivity (Wildman–Crippen MR) is 133 cm³/mol. The molecule has 0 unspecified atom stereocenters. The number of ether oxygens (including phenoxy) is 2. The van der Waals surface area contributed by atoms with Gasteiger partial charge < -0.3 is 13.9 Å². The van der Waals surface area contributed by atoms with Crippen LogP contribution in [0.15, 0.2) is 99.8 Å². The van der Waals surface area contributed by atoms with E-state index in [-0.39, 0.29) is 5.56 Å². The van der Waals surface area contributed by atoms with Gasteiger partial charge in [-0.3, -0.25) is 4.79 Å². The quantitative estimate of drug-likeness (QED) is 0.249. The van der Waals surface area contributed by atoms with Gasteiger partial charge in [0, 0.05) is 5.39 Å². The zero-order valence-corrected chi connectivity index (χ0v) is 18.5. The number of para-hydroxylation sites is 2. The largest absolute Gasteiger partial charge is 0.493 e. The third-order valence-electron chi connectivity index (χ3n) is 5.27. The summed E-state index contributed by atoms with van der Waals surface area (Å²) in [7, 11) is 1.56. The maximum Gasteiger partial charge on any atom is 0.282 e. The van der Waals surface area contributed by atoms with Gasteiger partial charge >= 0.3 is 0 Å². The zero-order valence-electron chi connectivity index (χ0n) is 18.5. The Balaban J connectivity index is 1.63. The fourth-order valence-electron chi connectivity index (χ4n) is 3.64. The molecule has 0 saturated heterocycles. The number of fused-ring (bicyclic) bond motifs is 2. The van der Waals surface area contributed by atoms with Gasteiger partial charge in [-0.2, -0.15) is 9.78 Å². The summed E-state index contributed by atoms with van der Waals surface area (Å²) < 4.78 is 18.3. The van der Waals surface area contributed by atoms with Crippen molar-refractivity contribution in [2.75, 3.05) is 13.7 Å². The lowest BCUT2D eigenvalue weighted by Crippen LogP contribution is -2.20. The number of furan rings is 1. The van der Waals surface area contributed by atoms with Crippen molar-refractivity contribution in [2.45, 2.75) is 0 Å². The normalized spacial score (nSPS) is 11.3. The summed E-state index contributed by atoms with van der Waals surface area (Å²) in [6, 6.07) is 22.0. The first-order chi connectivity index (χ1) is 16.7. The van der Waals surface area contributed by atoms with Crippen molar-refractivity contribution >= 4 is 28.1 Å². The minimum atomic E-state index is -0.296. The number of hydrogen-bond acceptors (Lipinski definition) is 6. The molecule has 0 spiro atoms. The van der Waals surface area contributed by atoms with E-state index >= 15 is 0 Å². The third-order valence-corrected chi connectivity index (χ3v) is 5.27. The number of benzene rings is 3. The first-order valence-corrected chi connectivity index (χ1v) is 10.6. The van der Waals surface area contributed by atoms with Crippen LogP contribution in [0.25, 0.3) is 33.5 Å². The van der Waals surface area contributed by atoms with Gasteiger partial charge in [0.2, 0.25) is 5.82 Å². The Kier molecular flexibility index (Phi) is 5.66. The summed E-state index contributed by atoms with van der Waals surface area (Å²) in [4.78, 5) is 18.1. The average molecular weight is 451 g/mol. The first kappa shape index (κ1) is 21.2. The number of methoxy groups -OCH3 is 1. The minimum Gasteiger partial charge on any atom is -0.493 e. The summed E-state index contributed by atoms with van der Waals surface area (Å²) in [6.07, 6.45) is 3.23. The molecule has 2 heterocycles. The van der Waals surface area contributed by atoms with E-state index in [1.807, 2.05) is 42.5 Å². The monoisotopic (exact) mass is 451 g/mol. The van der Waals surface area contributed by atoms with Gasteiger partial charge in [-0.05, 0) is 48.0 Å². The SMILES string of the molecule is C=CCOc1ccc(C=Nn2c(-c3cc4ccccc4o3)nc3ccccc3c2=O)cc1OC. The molecule has 168 valence electrons. The fraction of sp³-hybridized carbons (Fsp3) is 0.0741. The second-order valence-electron chi connectivity index (χ2n) is 7.47. The van der Waals surface area contributed by atoms with Crippen molar-refractivity contribution in [3.63, 3.8) is 0 Å². The second kappa shape index (κ2) is 9.07. The Morgan fingerprint density at radius 3 is 2.71 bits per heavy atom. The van der Waals surface area contributed by atoms with E-state index < -0.39 is 0 Å². The van der Waals surface area contributed by atoms with Crippen LogP contribution < -0.4 is 15.0 Å². The molecule has 0 N–H and O–H groups in total. The van der Waals surface area contributed by atoms with E-state index in [2.05, 4.69) is 11.7 Å². The van der Waals surface area contributed by atoms with Crippen LogP contribution >= 0.6 is 0 Å². The van der Waals surface area contributed by atoms with E-state index in [0.29, 0.717) is 46.2 Å². The molecule has 0 atom stereocenters. The Morgan fingerprint density at radius 2 is 1.88 bits per heavy atom. The van der Waals surface area contributed by atoms with Gasteiger partial charge in [-0.1, -0.05) is 43.0 Å². The van der Waals surface area contributed by atoms with E-state index in [1.54, 1.807) is 49.7 Å². The standard InChI is InChI=1S/C27H21N3O4/c1-3-14-33-23-13-12-18(15-24(23)32-2)17-28-30-26(25-16-19-8-4-7-11-22(19)34-25)29-21-10-6-5-9-20(21)27(30)31/h3-13,15-17H,1,14H2,2H3. The third kappa shape index (κ3) is 3.95. The van der Waals surface area contributed by atoms with Crippen molar-refractivity contribution in [2.24, 2.45) is 5.10 Å². The average Bonchev–Trinajstić information content (AvgIpc) is 3.31. The molecule has 0 saturated carbocycles. The predicted octanol–water partition coefficient (Wildman–Crippen LogP) is 5.27. The van der Waals surface area contributed by atoms with Crippen LogP contribution in [-0.4, -0.2) is 29.6 Å². The van der Waals surface area contributed by atoms with Gasteiger partial charge in [0.15, 0.2) is 17.3 Å². The zero-order chi connectivity index (χ0) is 23.5. The Hall–Kier alpha value is -4.65. The summed E-state index contributed by atoms with van der Waals surface area (Å²) in [5.74, 6) is 1.90. The Labute approximate surface area is 195 Å². The molecule has 0 amide bonds. The summed E-state index contributed by atoms with van der Waals surface area (Å²) in [5.41, 5.74) is 1.70. The molecular weight excluding hydrogens is 430 g/mol. The van der Waals surface area contributed by atoms with Gasteiger partial charge in [0.25, 0.3) is 5.56 Å². The smallest absolute Gasteiger partial charge is 0.282 e. The van der Waals surface area contributed by atoms with Crippen LogP contribution in [0.3, 0.4) is 0 Å². The Bertz CT molecular complexity index is 1560. The molecule has 0 fully saturated rings. The summed E-state index contributed by atoms with van der Waals surface area (Å²) in [6.45, 7) is 4.02.